The van der Waals surface area contributed by atoms with Crippen LogP contribution in [0.3, 0.4) is 0 Å². The summed E-state index contributed by atoms with van der Waals surface area (Å²) in [7, 11) is 0. The first kappa shape index (κ1) is 13.3. The Bertz CT molecular complexity index is 206. The zero-order chi connectivity index (χ0) is 12.1. The van der Waals surface area contributed by atoms with Crippen LogP contribution in [0.2, 0.25) is 0 Å². The minimum atomic E-state index is 0.670. The van der Waals surface area contributed by atoms with Crippen LogP contribution in [0.25, 0.3) is 0 Å². The lowest BCUT2D eigenvalue weighted by Gasteiger charge is -2.33. The normalized spacial score (nSPS) is 29.6. The van der Waals surface area contributed by atoms with Crippen molar-refractivity contribution in [2.75, 3.05) is 26.2 Å². The Kier molecular flexibility index (Phi) is 5.26. The summed E-state index contributed by atoms with van der Waals surface area (Å²) in [6, 6.07) is 2.20. The van der Waals surface area contributed by atoms with Gasteiger partial charge < -0.3 is 15.5 Å². The van der Waals surface area contributed by atoms with E-state index in [0.29, 0.717) is 6.04 Å². The van der Waals surface area contributed by atoms with E-state index in [1.807, 2.05) is 0 Å². The smallest absolute Gasteiger partial charge is 0.00938 e. The molecule has 0 aromatic carbocycles. The summed E-state index contributed by atoms with van der Waals surface area (Å²) < 4.78 is 0. The van der Waals surface area contributed by atoms with Crippen molar-refractivity contribution in [2.24, 2.45) is 0 Å². The average Bonchev–Trinajstić information content (AvgIpc) is 2.82. The highest BCUT2D eigenvalue weighted by molar-refractivity contribution is 4.83. The van der Waals surface area contributed by atoms with Crippen molar-refractivity contribution in [1.29, 1.82) is 0 Å². The van der Waals surface area contributed by atoms with Crippen molar-refractivity contribution < 1.29 is 0 Å². The van der Waals surface area contributed by atoms with Gasteiger partial charge in [0.15, 0.2) is 0 Å². The molecule has 2 heterocycles. The van der Waals surface area contributed by atoms with E-state index < -0.39 is 0 Å². The number of nitrogens with zero attached hydrogens (tertiary/aromatic N) is 1. The molecule has 0 spiro atoms. The van der Waals surface area contributed by atoms with Gasteiger partial charge in [-0.25, -0.2) is 0 Å². The van der Waals surface area contributed by atoms with Crippen LogP contribution in [0.4, 0.5) is 0 Å². The summed E-state index contributed by atoms with van der Waals surface area (Å²) in [6.45, 7) is 9.63. The first-order valence-corrected chi connectivity index (χ1v) is 7.49. The van der Waals surface area contributed by atoms with Gasteiger partial charge in [-0.1, -0.05) is 6.92 Å². The van der Waals surface area contributed by atoms with Crippen molar-refractivity contribution in [3.63, 3.8) is 0 Å². The fraction of sp³-hybridized carbons (Fsp3) is 1.00. The van der Waals surface area contributed by atoms with Crippen LogP contribution in [-0.4, -0.2) is 49.2 Å². The maximum Gasteiger partial charge on any atom is 0.00938 e. The standard InChI is InChI=1S/C14H29N3/c1-3-17-9-6-13(7-10-17)16-12(2)11-14-5-4-8-15-14/h12-16H,3-11H2,1-2H3. The fourth-order valence-corrected chi connectivity index (χ4v) is 3.27. The van der Waals surface area contributed by atoms with Crippen molar-refractivity contribution in [3.8, 4) is 0 Å². The van der Waals surface area contributed by atoms with E-state index in [1.165, 1.54) is 58.3 Å². The third-order valence-corrected chi connectivity index (χ3v) is 4.36. The Morgan fingerprint density at radius 1 is 1.29 bits per heavy atom. The minimum Gasteiger partial charge on any atom is -0.314 e. The topological polar surface area (TPSA) is 27.3 Å². The molecule has 0 aromatic heterocycles. The van der Waals surface area contributed by atoms with Crippen LogP contribution in [0, 0.1) is 0 Å². The van der Waals surface area contributed by atoms with Gasteiger partial charge in [-0.05, 0) is 65.2 Å². The summed E-state index contributed by atoms with van der Waals surface area (Å²) in [5.41, 5.74) is 0. The molecule has 0 amide bonds. The second kappa shape index (κ2) is 6.72. The SMILES string of the molecule is CCN1CCC(NC(C)CC2CCCN2)CC1. The minimum absolute atomic E-state index is 0.670. The summed E-state index contributed by atoms with van der Waals surface area (Å²) in [5.74, 6) is 0. The molecule has 0 saturated carbocycles. The van der Waals surface area contributed by atoms with Gasteiger partial charge in [0.1, 0.15) is 0 Å². The zero-order valence-corrected chi connectivity index (χ0v) is 11.5. The van der Waals surface area contributed by atoms with Gasteiger partial charge in [-0.15, -0.1) is 0 Å². The molecule has 0 radical (unpaired) electrons. The molecular weight excluding hydrogens is 210 g/mol. The number of rotatable bonds is 5. The Labute approximate surface area is 106 Å². The lowest BCUT2D eigenvalue weighted by molar-refractivity contribution is 0.197. The molecule has 0 aliphatic carbocycles. The van der Waals surface area contributed by atoms with E-state index in [2.05, 4.69) is 29.4 Å². The second-order valence-corrected chi connectivity index (χ2v) is 5.81. The monoisotopic (exact) mass is 239 g/mol. The molecule has 3 heteroatoms. The summed E-state index contributed by atoms with van der Waals surface area (Å²) >= 11 is 0. The van der Waals surface area contributed by atoms with Crippen LogP contribution >= 0.6 is 0 Å². The molecule has 0 bridgehead atoms. The first-order chi connectivity index (χ1) is 8.28. The van der Waals surface area contributed by atoms with Gasteiger partial charge in [0.05, 0.1) is 0 Å². The van der Waals surface area contributed by atoms with Crippen molar-refractivity contribution in [3.05, 3.63) is 0 Å². The maximum atomic E-state index is 3.82. The fourth-order valence-electron chi connectivity index (χ4n) is 3.27. The van der Waals surface area contributed by atoms with E-state index in [0.717, 1.165) is 12.1 Å². The van der Waals surface area contributed by atoms with Crippen molar-refractivity contribution in [1.82, 2.24) is 15.5 Å². The number of likely N-dealkylation sites (tertiary alicyclic amines) is 1. The van der Waals surface area contributed by atoms with Crippen LogP contribution in [-0.2, 0) is 0 Å². The van der Waals surface area contributed by atoms with Gasteiger partial charge in [0.2, 0.25) is 0 Å². The third-order valence-electron chi connectivity index (χ3n) is 4.36. The first-order valence-electron chi connectivity index (χ1n) is 7.49. The molecular formula is C14H29N3. The zero-order valence-electron chi connectivity index (χ0n) is 11.5. The molecule has 2 fully saturated rings. The van der Waals surface area contributed by atoms with Crippen molar-refractivity contribution >= 4 is 0 Å². The molecule has 2 rings (SSSR count). The Morgan fingerprint density at radius 3 is 2.65 bits per heavy atom. The second-order valence-electron chi connectivity index (χ2n) is 5.81. The van der Waals surface area contributed by atoms with E-state index in [1.54, 1.807) is 0 Å². The highest BCUT2D eigenvalue weighted by atomic mass is 15.1. The highest BCUT2D eigenvalue weighted by Crippen LogP contribution is 2.14. The van der Waals surface area contributed by atoms with E-state index in [9.17, 15) is 0 Å². The molecule has 0 aromatic rings. The maximum absolute atomic E-state index is 3.82. The summed E-state index contributed by atoms with van der Waals surface area (Å²) in [4.78, 5) is 2.56. The lowest BCUT2D eigenvalue weighted by Crippen LogP contribution is -2.46. The molecule has 2 saturated heterocycles. The molecule has 2 N–H and O–H groups in total. The summed E-state index contributed by atoms with van der Waals surface area (Å²) in [5, 5.41) is 7.42. The Morgan fingerprint density at radius 2 is 2.06 bits per heavy atom. The highest BCUT2D eigenvalue weighted by Gasteiger charge is 2.21. The molecule has 2 atom stereocenters. The molecule has 3 nitrogen and oxygen atoms in total. The largest absolute Gasteiger partial charge is 0.314 e. The van der Waals surface area contributed by atoms with Gasteiger partial charge >= 0.3 is 0 Å². The lowest BCUT2D eigenvalue weighted by atomic mass is 10.0. The van der Waals surface area contributed by atoms with Crippen molar-refractivity contribution in [2.45, 2.75) is 64.1 Å². The predicted molar refractivity (Wildman–Crippen MR) is 73.4 cm³/mol. The number of nitrogens with one attached hydrogen (secondary N) is 2. The quantitative estimate of drug-likeness (QED) is 0.763. The summed E-state index contributed by atoms with van der Waals surface area (Å²) in [6.07, 6.45) is 6.70. The molecule has 2 aliphatic rings. The molecule has 100 valence electrons. The predicted octanol–water partition coefficient (Wildman–Crippen LogP) is 1.59. The van der Waals surface area contributed by atoms with Gasteiger partial charge in [-0.3, -0.25) is 0 Å². The van der Waals surface area contributed by atoms with E-state index in [4.69, 9.17) is 0 Å². The van der Waals surface area contributed by atoms with Crippen LogP contribution in [0.5, 0.6) is 0 Å². The van der Waals surface area contributed by atoms with Gasteiger partial charge in [0.25, 0.3) is 0 Å². The molecule has 2 unspecified atom stereocenters. The van der Waals surface area contributed by atoms with Crippen LogP contribution in [0.1, 0.15) is 46.0 Å². The van der Waals surface area contributed by atoms with Gasteiger partial charge in [-0.2, -0.15) is 0 Å². The third kappa shape index (κ3) is 4.23. The number of hydrogen-bond donors (Lipinski definition) is 2. The van der Waals surface area contributed by atoms with Crippen LogP contribution < -0.4 is 10.6 Å². The van der Waals surface area contributed by atoms with E-state index in [-0.39, 0.29) is 0 Å². The Hall–Kier alpha value is -0.120. The van der Waals surface area contributed by atoms with Gasteiger partial charge in [0, 0.05) is 18.1 Å². The average molecular weight is 239 g/mol. The van der Waals surface area contributed by atoms with E-state index >= 15 is 0 Å². The number of piperidine rings is 1. The van der Waals surface area contributed by atoms with Crippen LogP contribution in [0.15, 0.2) is 0 Å². The Balaban J connectivity index is 1.63. The number of hydrogen-bond acceptors (Lipinski definition) is 3. The molecule has 2 aliphatic heterocycles. The molecule has 17 heavy (non-hydrogen) atoms.